The molecule has 0 saturated heterocycles. The van der Waals surface area contributed by atoms with E-state index in [4.69, 9.17) is 17.3 Å². The van der Waals surface area contributed by atoms with Gasteiger partial charge in [-0.1, -0.05) is 41.9 Å². The van der Waals surface area contributed by atoms with Crippen molar-refractivity contribution < 1.29 is 5.11 Å². The minimum absolute atomic E-state index is 0.542. The highest BCUT2D eigenvalue weighted by atomic mass is 35.5. The van der Waals surface area contributed by atoms with Gasteiger partial charge in [0.25, 0.3) is 0 Å². The topological polar surface area (TPSA) is 46.2 Å². The Morgan fingerprint density at radius 3 is 2.44 bits per heavy atom. The van der Waals surface area contributed by atoms with Gasteiger partial charge in [-0.3, -0.25) is 0 Å². The highest BCUT2D eigenvalue weighted by molar-refractivity contribution is 6.30. The van der Waals surface area contributed by atoms with Crippen LogP contribution in [0.4, 0.5) is 5.69 Å². The van der Waals surface area contributed by atoms with Gasteiger partial charge in [-0.2, -0.15) is 0 Å². The van der Waals surface area contributed by atoms with Gasteiger partial charge in [0.15, 0.2) is 0 Å². The summed E-state index contributed by atoms with van der Waals surface area (Å²) in [6.07, 6.45) is -0.736. The molecule has 0 radical (unpaired) electrons. The van der Waals surface area contributed by atoms with E-state index < -0.39 is 6.10 Å². The number of hydrogen-bond acceptors (Lipinski definition) is 2. The lowest BCUT2D eigenvalue weighted by Crippen LogP contribution is -2.03. The van der Waals surface area contributed by atoms with E-state index in [0.29, 0.717) is 16.3 Å². The number of halogens is 1. The number of nitrogen functional groups attached to an aromatic ring is 1. The molecule has 82 valence electrons. The van der Waals surface area contributed by atoms with Crippen molar-refractivity contribution in [2.75, 3.05) is 5.73 Å². The number of anilines is 1. The Labute approximate surface area is 99.3 Å². The summed E-state index contributed by atoms with van der Waals surface area (Å²) in [5.41, 5.74) is 7.79. The third kappa shape index (κ3) is 2.18. The fourth-order valence-electron chi connectivity index (χ4n) is 1.60. The molecule has 1 unspecified atom stereocenters. The molecule has 0 aliphatic heterocycles. The van der Waals surface area contributed by atoms with Crippen LogP contribution in [-0.2, 0) is 0 Å². The van der Waals surface area contributed by atoms with Crippen molar-refractivity contribution in [1.82, 2.24) is 0 Å². The Morgan fingerprint density at radius 1 is 1.06 bits per heavy atom. The first kappa shape index (κ1) is 11.0. The fraction of sp³-hybridized carbons (Fsp3) is 0.0769. The van der Waals surface area contributed by atoms with Gasteiger partial charge >= 0.3 is 0 Å². The van der Waals surface area contributed by atoms with Crippen LogP contribution in [-0.4, -0.2) is 5.11 Å². The van der Waals surface area contributed by atoms with E-state index in [-0.39, 0.29) is 0 Å². The summed E-state index contributed by atoms with van der Waals surface area (Å²) < 4.78 is 0. The van der Waals surface area contributed by atoms with Gasteiger partial charge in [-0.15, -0.1) is 0 Å². The summed E-state index contributed by atoms with van der Waals surface area (Å²) >= 11 is 5.88. The minimum Gasteiger partial charge on any atom is -0.398 e. The van der Waals surface area contributed by atoms with Crippen molar-refractivity contribution >= 4 is 17.3 Å². The van der Waals surface area contributed by atoms with E-state index in [1.807, 2.05) is 30.3 Å². The summed E-state index contributed by atoms with van der Waals surface area (Å²) in [7, 11) is 0. The monoisotopic (exact) mass is 233 g/mol. The zero-order valence-electron chi connectivity index (χ0n) is 8.60. The van der Waals surface area contributed by atoms with E-state index >= 15 is 0 Å². The van der Waals surface area contributed by atoms with Gasteiger partial charge in [0.2, 0.25) is 0 Å². The first-order chi connectivity index (χ1) is 7.68. The molecule has 3 heteroatoms. The molecule has 2 aromatic carbocycles. The number of benzene rings is 2. The van der Waals surface area contributed by atoms with Crippen molar-refractivity contribution in [1.29, 1.82) is 0 Å². The van der Waals surface area contributed by atoms with E-state index in [2.05, 4.69) is 0 Å². The van der Waals surface area contributed by atoms with Crippen LogP contribution in [0.15, 0.2) is 48.5 Å². The summed E-state index contributed by atoms with van der Waals surface area (Å²) in [5, 5.41) is 10.7. The maximum absolute atomic E-state index is 10.2. The van der Waals surface area contributed by atoms with Gasteiger partial charge in [0.1, 0.15) is 6.10 Å². The normalized spacial score (nSPS) is 12.4. The molecule has 1 atom stereocenters. The van der Waals surface area contributed by atoms with E-state index in [0.717, 1.165) is 5.56 Å². The summed E-state index contributed by atoms with van der Waals surface area (Å²) in [5.74, 6) is 0. The third-order valence-electron chi connectivity index (χ3n) is 2.46. The average Bonchev–Trinajstić information content (AvgIpc) is 2.32. The molecule has 2 rings (SSSR count). The molecule has 2 nitrogen and oxygen atoms in total. The number of rotatable bonds is 2. The third-order valence-corrected chi connectivity index (χ3v) is 2.69. The lowest BCUT2D eigenvalue weighted by atomic mass is 10.0. The molecule has 3 N–H and O–H groups in total. The van der Waals surface area contributed by atoms with Crippen LogP contribution in [0.5, 0.6) is 0 Å². The van der Waals surface area contributed by atoms with Crippen molar-refractivity contribution in [3.63, 3.8) is 0 Å². The average molecular weight is 234 g/mol. The number of hydrogen-bond donors (Lipinski definition) is 2. The lowest BCUT2D eigenvalue weighted by molar-refractivity contribution is 0.221. The molecule has 0 heterocycles. The minimum atomic E-state index is -0.736. The quantitative estimate of drug-likeness (QED) is 0.784. The maximum atomic E-state index is 10.2. The molecule has 0 saturated carbocycles. The van der Waals surface area contributed by atoms with Crippen LogP contribution in [0.3, 0.4) is 0 Å². The second kappa shape index (κ2) is 4.56. The molecule has 0 spiro atoms. The fourth-order valence-corrected chi connectivity index (χ4v) is 1.78. The van der Waals surface area contributed by atoms with Gasteiger partial charge in [-0.25, -0.2) is 0 Å². The smallest absolute Gasteiger partial charge is 0.106 e. The zero-order valence-corrected chi connectivity index (χ0v) is 9.35. The molecular formula is C13H12ClNO. The van der Waals surface area contributed by atoms with Gasteiger partial charge < -0.3 is 10.8 Å². The Bertz CT molecular complexity index is 485. The van der Waals surface area contributed by atoms with Crippen LogP contribution >= 0.6 is 11.6 Å². The maximum Gasteiger partial charge on any atom is 0.106 e. The van der Waals surface area contributed by atoms with Crippen LogP contribution < -0.4 is 5.73 Å². The summed E-state index contributed by atoms with van der Waals surface area (Å²) in [6, 6.07) is 14.4. The van der Waals surface area contributed by atoms with Crippen molar-refractivity contribution in [3.8, 4) is 0 Å². The second-order valence-electron chi connectivity index (χ2n) is 3.59. The Hall–Kier alpha value is -1.51. The number of aliphatic hydroxyl groups is 1. The Balaban J connectivity index is 2.41. The molecule has 0 bridgehead atoms. The SMILES string of the molecule is Nc1ccc(Cl)cc1C(O)c1ccccc1. The van der Waals surface area contributed by atoms with Gasteiger partial charge in [0.05, 0.1) is 0 Å². The number of aliphatic hydroxyl groups excluding tert-OH is 1. The highest BCUT2D eigenvalue weighted by Crippen LogP contribution is 2.28. The van der Waals surface area contributed by atoms with Gasteiger partial charge in [-0.05, 0) is 23.8 Å². The molecular weight excluding hydrogens is 222 g/mol. The standard InChI is InChI=1S/C13H12ClNO/c14-10-6-7-12(15)11(8-10)13(16)9-4-2-1-3-5-9/h1-8,13,16H,15H2. The molecule has 0 fully saturated rings. The van der Waals surface area contributed by atoms with Crippen LogP contribution in [0.2, 0.25) is 5.02 Å². The molecule has 16 heavy (non-hydrogen) atoms. The van der Waals surface area contributed by atoms with Gasteiger partial charge in [0, 0.05) is 16.3 Å². The van der Waals surface area contributed by atoms with E-state index in [9.17, 15) is 5.11 Å². The van der Waals surface area contributed by atoms with Crippen molar-refractivity contribution in [2.24, 2.45) is 0 Å². The number of nitrogens with two attached hydrogens (primary N) is 1. The first-order valence-corrected chi connectivity index (χ1v) is 5.34. The van der Waals surface area contributed by atoms with Crippen LogP contribution in [0.1, 0.15) is 17.2 Å². The first-order valence-electron chi connectivity index (χ1n) is 4.96. The molecule has 0 aromatic heterocycles. The Kier molecular flexibility index (Phi) is 3.13. The zero-order chi connectivity index (χ0) is 11.5. The van der Waals surface area contributed by atoms with Crippen molar-refractivity contribution in [3.05, 3.63) is 64.7 Å². The van der Waals surface area contributed by atoms with Crippen LogP contribution in [0, 0.1) is 0 Å². The second-order valence-corrected chi connectivity index (χ2v) is 4.02. The predicted molar refractivity (Wildman–Crippen MR) is 66.4 cm³/mol. The highest BCUT2D eigenvalue weighted by Gasteiger charge is 2.13. The Morgan fingerprint density at radius 2 is 1.75 bits per heavy atom. The largest absolute Gasteiger partial charge is 0.398 e. The summed E-state index contributed by atoms with van der Waals surface area (Å²) in [4.78, 5) is 0. The van der Waals surface area contributed by atoms with E-state index in [1.54, 1.807) is 18.2 Å². The molecule has 0 aliphatic carbocycles. The molecule has 0 aliphatic rings. The molecule has 2 aromatic rings. The van der Waals surface area contributed by atoms with E-state index in [1.165, 1.54) is 0 Å². The predicted octanol–water partition coefficient (Wildman–Crippen LogP) is 3.00. The van der Waals surface area contributed by atoms with Crippen LogP contribution in [0.25, 0.3) is 0 Å². The lowest BCUT2D eigenvalue weighted by Gasteiger charge is -2.14. The van der Waals surface area contributed by atoms with Crippen molar-refractivity contribution in [2.45, 2.75) is 6.10 Å². The summed E-state index contributed by atoms with van der Waals surface area (Å²) in [6.45, 7) is 0. The molecule has 0 amide bonds.